The van der Waals surface area contributed by atoms with Gasteiger partial charge in [-0.05, 0) is 56.2 Å². The van der Waals surface area contributed by atoms with Crippen molar-refractivity contribution in [2.75, 3.05) is 5.32 Å². The van der Waals surface area contributed by atoms with E-state index in [9.17, 15) is 4.79 Å². The Kier molecular flexibility index (Phi) is 5.92. The smallest absolute Gasteiger partial charge is 0.237 e. The van der Waals surface area contributed by atoms with E-state index in [-0.39, 0.29) is 11.2 Å². The average Bonchev–Trinajstić information content (AvgIpc) is 2.49. The fourth-order valence-corrected chi connectivity index (χ4v) is 3.25. The van der Waals surface area contributed by atoms with Gasteiger partial charge in [0.25, 0.3) is 0 Å². The van der Waals surface area contributed by atoms with E-state index in [1.54, 1.807) is 11.8 Å². The quantitative estimate of drug-likeness (QED) is 0.735. The zero-order valence-electron chi connectivity index (χ0n) is 13.0. The van der Waals surface area contributed by atoms with Gasteiger partial charge in [0, 0.05) is 15.6 Å². The number of aryl methyl sites for hydroxylation is 2. The maximum atomic E-state index is 12.5. The van der Waals surface area contributed by atoms with Gasteiger partial charge in [-0.2, -0.15) is 0 Å². The summed E-state index contributed by atoms with van der Waals surface area (Å²) in [5.74, 6) is 0.0365. The highest BCUT2D eigenvalue weighted by molar-refractivity contribution is 8.00. The fraction of sp³-hybridized carbons (Fsp3) is 0.278. The van der Waals surface area contributed by atoms with Crippen LogP contribution in [0, 0.1) is 13.8 Å². The first-order chi connectivity index (χ1) is 10.5. The van der Waals surface area contributed by atoms with E-state index in [1.807, 2.05) is 57.2 Å². The van der Waals surface area contributed by atoms with Crippen LogP contribution in [0.1, 0.15) is 24.5 Å². The van der Waals surface area contributed by atoms with Crippen LogP contribution in [-0.2, 0) is 4.79 Å². The number of rotatable bonds is 5. The van der Waals surface area contributed by atoms with Gasteiger partial charge in [0.05, 0.1) is 5.25 Å². The second-order valence-electron chi connectivity index (χ2n) is 5.28. The Morgan fingerprint density at radius 2 is 1.86 bits per heavy atom. The zero-order valence-corrected chi connectivity index (χ0v) is 14.6. The Bertz CT molecular complexity index is 655. The predicted molar refractivity (Wildman–Crippen MR) is 95.9 cm³/mol. The van der Waals surface area contributed by atoms with Crippen LogP contribution in [0.15, 0.2) is 47.4 Å². The largest absolute Gasteiger partial charge is 0.325 e. The molecule has 116 valence electrons. The Morgan fingerprint density at radius 1 is 1.18 bits per heavy atom. The van der Waals surface area contributed by atoms with Crippen molar-refractivity contribution in [2.45, 2.75) is 37.3 Å². The van der Waals surface area contributed by atoms with Gasteiger partial charge in [0.2, 0.25) is 5.91 Å². The first-order valence-corrected chi connectivity index (χ1v) is 8.55. The minimum absolute atomic E-state index is 0.0365. The number of benzene rings is 2. The molecule has 2 nitrogen and oxygen atoms in total. The molecule has 0 saturated carbocycles. The third-order valence-electron chi connectivity index (χ3n) is 3.39. The second-order valence-corrected chi connectivity index (χ2v) is 6.99. The van der Waals surface area contributed by atoms with E-state index < -0.39 is 0 Å². The molecule has 0 fully saturated rings. The average molecular weight is 334 g/mol. The molecule has 0 aliphatic rings. The third-order valence-corrected chi connectivity index (χ3v) is 5.02. The molecule has 2 aromatic carbocycles. The van der Waals surface area contributed by atoms with Gasteiger partial charge in [0.1, 0.15) is 0 Å². The van der Waals surface area contributed by atoms with Gasteiger partial charge in [-0.25, -0.2) is 0 Å². The van der Waals surface area contributed by atoms with Crippen molar-refractivity contribution in [1.82, 2.24) is 0 Å². The standard InChI is InChI=1S/C18H20ClNOS/c1-4-17(22-15-8-6-14(19)7-9-15)18(21)20-16-10-5-12(2)11-13(16)3/h5-11,17H,4H2,1-3H3,(H,20,21)/t17-/m1/s1. The molecule has 0 saturated heterocycles. The molecule has 2 rings (SSSR count). The molecular weight excluding hydrogens is 314 g/mol. The van der Waals surface area contributed by atoms with Crippen LogP contribution < -0.4 is 5.32 Å². The second kappa shape index (κ2) is 7.70. The van der Waals surface area contributed by atoms with Crippen LogP contribution in [0.4, 0.5) is 5.69 Å². The summed E-state index contributed by atoms with van der Waals surface area (Å²) in [4.78, 5) is 13.5. The maximum Gasteiger partial charge on any atom is 0.237 e. The van der Waals surface area contributed by atoms with Gasteiger partial charge in [-0.1, -0.05) is 36.2 Å². The number of carbonyl (C=O) groups is 1. The molecule has 4 heteroatoms. The molecule has 0 unspecified atom stereocenters. The van der Waals surface area contributed by atoms with E-state index >= 15 is 0 Å². The van der Waals surface area contributed by atoms with Crippen molar-refractivity contribution in [3.8, 4) is 0 Å². The lowest BCUT2D eigenvalue weighted by molar-refractivity contribution is -0.115. The lowest BCUT2D eigenvalue weighted by Gasteiger charge is -2.16. The SMILES string of the molecule is CC[C@@H](Sc1ccc(Cl)cc1)C(=O)Nc1ccc(C)cc1C. The number of thioether (sulfide) groups is 1. The molecule has 0 bridgehead atoms. The summed E-state index contributed by atoms with van der Waals surface area (Å²) in [7, 11) is 0. The Labute approximate surface area is 141 Å². The molecule has 1 N–H and O–H groups in total. The molecule has 0 radical (unpaired) electrons. The summed E-state index contributed by atoms with van der Waals surface area (Å²) in [5, 5.41) is 3.62. The van der Waals surface area contributed by atoms with Crippen molar-refractivity contribution in [3.63, 3.8) is 0 Å². The van der Waals surface area contributed by atoms with Crippen LogP contribution in [-0.4, -0.2) is 11.2 Å². The van der Waals surface area contributed by atoms with Crippen LogP contribution >= 0.6 is 23.4 Å². The lowest BCUT2D eigenvalue weighted by Crippen LogP contribution is -2.24. The molecule has 0 aromatic heterocycles. The number of carbonyl (C=O) groups excluding carboxylic acids is 1. The Balaban J connectivity index is 2.06. The number of hydrogen-bond acceptors (Lipinski definition) is 2. The number of hydrogen-bond donors (Lipinski definition) is 1. The molecule has 1 amide bonds. The molecule has 0 spiro atoms. The van der Waals surface area contributed by atoms with Crippen LogP contribution in [0.5, 0.6) is 0 Å². The van der Waals surface area contributed by atoms with E-state index in [0.717, 1.165) is 22.6 Å². The summed E-state index contributed by atoms with van der Waals surface area (Å²) in [6, 6.07) is 13.6. The normalized spacial score (nSPS) is 12.0. The molecule has 22 heavy (non-hydrogen) atoms. The Morgan fingerprint density at radius 3 is 2.45 bits per heavy atom. The molecular formula is C18H20ClNOS. The molecule has 2 aromatic rings. The van der Waals surface area contributed by atoms with Crippen LogP contribution in [0.2, 0.25) is 5.02 Å². The minimum atomic E-state index is -0.123. The van der Waals surface area contributed by atoms with Crippen molar-refractivity contribution >= 4 is 35.0 Å². The predicted octanol–water partition coefficient (Wildman–Crippen LogP) is 5.47. The highest BCUT2D eigenvalue weighted by atomic mass is 35.5. The van der Waals surface area contributed by atoms with Gasteiger partial charge in [-0.15, -0.1) is 11.8 Å². The van der Waals surface area contributed by atoms with Gasteiger partial charge in [0.15, 0.2) is 0 Å². The minimum Gasteiger partial charge on any atom is -0.325 e. The van der Waals surface area contributed by atoms with E-state index in [1.165, 1.54) is 5.56 Å². The number of amides is 1. The topological polar surface area (TPSA) is 29.1 Å². The molecule has 0 aliphatic heterocycles. The fourth-order valence-electron chi connectivity index (χ4n) is 2.17. The Hall–Kier alpha value is -1.45. The van der Waals surface area contributed by atoms with Crippen molar-refractivity contribution in [2.24, 2.45) is 0 Å². The zero-order chi connectivity index (χ0) is 16.1. The van der Waals surface area contributed by atoms with E-state index in [0.29, 0.717) is 5.02 Å². The molecule has 0 heterocycles. The van der Waals surface area contributed by atoms with Crippen molar-refractivity contribution in [1.29, 1.82) is 0 Å². The summed E-state index contributed by atoms with van der Waals surface area (Å²) in [5.41, 5.74) is 3.16. The summed E-state index contributed by atoms with van der Waals surface area (Å²) in [6.07, 6.45) is 0.768. The third kappa shape index (κ3) is 4.52. The highest BCUT2D eigenvalue weighted by Crippen LogP contribution is 2.28. The number of anilines is 1. The number of nitrogens with one attached hydrogen (secondary N) is 1. The van der Waals surface area contributed by atoms with E-state index in [4.69, 9.17) is 11.6 Å². The first kappa shape index (κ1) is 16.9. The summed E-state index contributed by atoms with van der Waals surface area (Å²) >= 11 is 7.46. The number of halogens is 1. The summed E-state index contributed by atoms with van der Waals surface area (Å²) in [6.45, 7) is 6.08. The van der Waals surface area contributed by atoms with Crippen molar-refractivity contribution in [3.05, 3.63) is 58.6 Å². The van der Waals surface area contributed by atoms with Gasteiger partial charge < -0.3 is 5.32 Å². The monoisotopic (exact) mass is 333 g/mol. The molecule has 0 aliphatic carbocycles. The van der Waals surface area contributed by atoms with Gasteiger partial charge >= 0.3 is 0 Å². The molecule has 1 atom stereocenters. The van der Waals surface area contributed by atoms with Crippen molar-refractivity contribution < 1.29 is 4.79 Å². The van der Waals surface area contributed by atoms with Crippen LogP contribution in [0.3, 0.4) is 0 Å². The highest BCUT2D eigenvalue weighted by Gasteiger charge is 2.18. The van der Waals surface area contributed by atoms with Gasteiger partial charge in [-0.3, -0.25) is 4.79 Å². The maximum absolute atomic E-state index is 12.5. The summed E-state index contributed by atoms with van der Waals surface area (Å²) < 4.78 is 0. The van der Waals surface area contributed by atoms with E-state index in [2.05, 4.69) is 11.4 Å². The lowest BCUT2D eigenvalue weighted by atomic mass is 10.1. The first-order valence-electron chi connectivity index (χ1n) is 7.30. The van der Waals surface area contributed by atoms with Crippen LogP contribution in [0.25, 0.3) is 0 Å².